The number of nitriles is 1. The van der Waals surface area contributed by atoms with Gasteiger partial charge in [-0.05, 0) is 58.8 Å². The molecule has 3 aromatic carbocycles. The molecule has 1 fully saturated rings. The van der Waals surface area contributed by atoms with E-state index in [2.05, 4.69) is 6.07 Å². The van der Waals surface area contributed by atoms with Crippen LogP contribution in [-0.2, 0) is 11.3 Å². The number of carbonyl (C=O) groups is 2. The lowest BCUT2D eigenvalue weighted by molar-refractivity contribution is -0.123. The Kier molecular flexibility index (Phi) is 6.48. The van der Waals surface area contributed by atoms with Crippen LogP contribution in [0, 0.1) is 11.3 Å². The molecule has 1 aliphatic rings. The van der Waals surface area contributed by atoms with Gasteiger partial charge in [-0.3, -0.25) is 14.5 Å². The molecular formula is C26H20N2O4S. The first-order valence-corrected chi connectivity index (χ1v) is 10.9. The molecule has 0 unspecified atom stereocenters. The van der Waals surface area contributed by atoms with Gasteiger partial charge in [-0.1, -0.05) is 42.5 Å². The summed E-state index contributed by atoms with van der Waals surface area (Å²) < 4.78 is 10.6. The zero-order valence-electron chi connectivity index (χ0n) is 18.1. The van der Waals surface area contributed by atoms with Gasteiger partial charge in [0.15, 0.2) is 0 Å². The molecule has 0 aromatic heterocycles. The molecule has 0 N–H and O–H groups in total. The minimum absolute atomic E-state index is 0.164. The summed E-state index contributed by atoms with van der Waals surface area (Å²) in [5, 5.41) is 8.99. The number of hydrogen-bond acceptors (Lipinski definition) is 6. The summed E-state index contributed by atoms with van der Waals surface area (Å²) >= 11 is 0.900. The average Bonchev–Trinajstić information content (AvgIpc) is 3.11. The van der Waals surface area contributed by atoms with Crippen molar-refractivity contribution in [3.8, 4) is 28.7 Å². The molecule has 4 rings (SSSR count). The van der Waals surface area contributed by atoms with Crippen LogP contribution in [0.25, 0.3) is 17.2 Å². The number of rotatable bonds is 6. The lowest BCUT2D eigenvalue weighted by Crippen LogP contribution is -2.27. The molecule has 33 heavy (non-hydrogen) atoms. The Morgan fingerprint density at radius 3 is 2.45 bits per heavy atom. The predicted molar refractivity (Wildman–Crippen MR) is 128 cm³/mol. The molecule has 0 radical (unpaired) electrons. The van der Waals surface area contributed by atoms with E-state index in [9.17, 15) is 14.9 Å². The van der Waals surface area contributed by atoms with E-state index in [0.29, 0.717) is 27.5 Å². The summed E-state index contributed by atoms with van der Waals surface area (Å²) in [5.74, 6) is 0.851. The Hall–Kier alpha value is -4.02. The zero-order valence-corrected chi connectivity index (χ0v) is 18.9. The Labute approximate surface area is 196 Å². The number of thioether (sulfide) groups is 1. The van der Waals surface area contributed by atoms with E-state index in [1.54, 1.807) is 44.6 Å². The Balaban J connectivity index is 1.55. The molecule has 1 aliphatic heterocycles. The lowest BCUT2D eigenvalue weighted by Gasteiger charge is -2.13. The third kappa shape index (κ3) is 4.61. The van der Waals surface area contributed by atoms with Crippen molar-refractivity contribution >= 4 is 29.0 Å². The fourth-order valence-corrected chi connectivity index (χ4v) is 4.36. The van der Waals surface area contributed by atoms with E-state index in [1.807, 2.05) is 42.5 Å². The SMILES string of the molecule is COc1ccc(OC)c(/C=C2\SC(=O)N(Cc3ccc(-c4ccccc4C#N)cc3)C2=O)c1. The van der Waals surface area contributed by atoms with Crippen molar-refractivity contribution in [2.24, 2.45) is 0 Å². The normalized spacial score (nSPS) is 14.5. The molecule has 3 aromatic rings. The largest absolute Gasteiger partial charge is 0.497 e. The first-order chi connectivity index (χ1) is 16.0. The highest BCUT2D eigenvalue weighted by Gasteiger charge is 2.35. The van der Waals surface area contributed by atoms with E-state index >= 15 is 0 Å². The molecule has 0 bridgehead atoms. The number of nitrogens with zero attached hydrogens (tertiary/aromatic N) is 2. The highest BCUT2D eigenvalue weighted by atomic mass is 32.2. The van der Waals surface area contributed by atoms with Crippen molar-refractivity contribution in [3.63, 3.8) is 0 Å². The maximum Gasteiger partial charge on any atom is 0.293 e. The zero-order chi connectivity index (χ0) is 23.4. The van der Waals surface area contributed by atoms with Crippen LogP contribution in [0.5, 0.6) is 11.5 Å². The molecule has 1 saturated heterocycles. The first kappa shape index (κ1) is 22.2. The Morgan fingerprint density at radius 2 is 1.76 bits per heavy atom. The van der Waals surface area contributed by atoms with Crippen LogP contribution in [-0.4, -0.2) is 30.3 Å². The second kappa shape index (κ2) is 9.63. The summed E-state index contributed by atoms with van der Waals surface area (Å²) in [7, 11) is 3.10. The first-order valence-electron chi connectivity index (χ1n) is 10.1. The van der Waals surface area contributed by atoms with E-state index in [0.717, 1.165) is 28.5 Å². The van der Waals surface area contributed by atoms with Crippen molar-refractivity contribution < 1.29 is 19.1 Å². The van der Waals surface area contributed by atoms with Crippen LogP contribution >= 0.6 is 11.8 Å². The summed E-state index contributed by atoms with van der Waals surface area (Å²) in [5.41, 5.74) is 3.80. The number of amides is 2. The van der Waals surface area contributed by atoms with E-state index in [1.165, 1.54) is 4.90 Å². The quantitative estimate of drug-likeness (QED) is 0.457. The second-order valence-corrected chi connectivity index (χ2v) is 8.22. The van der Waals surface area contributed by atoms with Crippen LogP contribution in [0.4, 0.5) is 4.79 Å². The van der Waals surface area contributed by atoms with Gasteiger partial charge in [-0.25, -0.2) is 0 Å². The number of benzene rings is 3. The third-order valence-electron chi connectivity index (χ3n) is 5.25. The Bertz CT molecular complexity index is 1290. The minimum Gasteiger partial charge on any atom is -0.497 e. The van der Waals surface area contributed by atoms with Gasteiger partial charge < -0.3 is 9.47 Å². The maximum absolute atomic E-state index is 13.0. The summed E-state index contributed by atoms with van der Waals surface area (Å²) in [4.78, 5) is 27.1. The van der Waals surface area contributed by atoms with Gasteiger partial charge in [0.2, 0.25) is 0 Å². The van der Waals surface area contributed by atoms with Gasteiger partial charge >= 0.3 is 0 Å². The van der Waals surface area contributed by atoms with Gasteiger partial charge in [0.05, 0.1) is 37.3 Å². The summed E-state index contributed by atoms with van der Waals surface area (Å²) in [6.45, 7) is 0.164. The van der Waals surface area contributed by atoms with Crippen LogP contribution in [0.2, 0.25) is 0 Å². The molecule has 0 atom stereocenters. The number of carbonyl (C=O) groups excluding carboxylic acids is 2. The number of methoxy groups -OCH3 is 2. The smallest absolute Gasteiger partial charge is 0.293 e. The van der Waals surface area contributed by atoms with Crippen molar-refractivity contribution in [2.45, 2.75) is 6.54 Å². The molecule has 7 heteroatoms. The van der Waals surface area contributed by atoms with Crippen molar-refractivity contribution in [1.82, 2.24) is 4.90 Å². The van der Waals surface area contributed by atoms with Gasteiger partial charge in [-0.2, -0.15) is 5.26 Å². The molecule has 1 heterocycles. The molecule has 0 aliphatic carbocycles. The van der Waals surface area contributed by atoms with Crippen molar-refractivity contribution in [1.29, 1.82) is 5.26 Å². The van der Waals surface area contributed by atoms with Crippen molar-refractivity contribution in [3.05, 3.63) is 88.3 Å². The fraction of sp³-hybridized carbons (Fsp3) is 0.115. The predicted octanol–water partition coefficient (Wildman–Crippen LogP) is 5.48. The highest BCUT2D eigenvalue weighted by Crippen LogP contribution is 2.36. The Morgan fingerprint density at radius 1 is 1.00 bits per heavy atom. The van der Waals surface area contributed by atoms with Crippen LogP contribution in [0.15, 0.2) is 71.6 Å². The maximum atomic E-state index is 13.0. The van der Waals surface area contributed by atoms with Gasteiger partial charge in [-0.15, -0.1) is 0 Å². The highest BCUT2D eigenvalue weighted by molar-refractivity contribution is 8.18. The second-order valence-electron chi connectivity index (χ2n) is 7.23. The molecule has 6 nitrogen and oxygen atoms in total. The molecule has 0 spiro atoms. The minimum atomic E-state index is -0.353. The van der Waals surface area contributed by atoms with Crippen molar-refractivity contribution in [2.75, 3.05) is 14.2 Å². The van der Waals surface area contributed by atoms with E-state index < -0.39 is 0 Å². The fourth-order valence-electron chi connectivity index (χ4n) is 3.53. The number of hydrogen-bond donors (Lipinski definition) is 0. The van der Waals surface area contributed by atoms with Crippen LogP contribution in [0.1, 0.15) is 16.7 Å². The average molecular weight is 457 g/mol. The topological polar surface area (TPSA) is 79.6 Å². The molecule has 2 amide bonds. The van der Waals surface area contributed by atoms with Gasteiger partial charge in [0.25, 0.3) is 11.1 Å². The lowest BCUT2D eigenvalue weighted by atomic mass is 9.99. The van der Waals surface area contributed by atoms with E-state index in [4.69, 9.17) is 9.47 Å². The molecule has 164 valence electrons. The summed E-state index contributed by atoms with van der Waals surface area (Å²) in [6, 6.07) is 22.3. The standard InChI is InChI=1S/C26H20N2O4S/c1-31-21-11-12-23(32-2)20(13-21)14-24-25(29)28(26(30)33-24)16-17-7-9-18(10-8-17)22-6-4-3-5-19(22)15-27/h3-14H,16H2,1-2H3/b24-14-. The third-order valence-corrected chi connectivity index (χ3v) is 6.16. The number of imide groups is 1. The molecule has 0 saturated carbocycles. The summed E-state index contributed by atoms with van der Waals surface area (Å²) in [6.07, 6.45) is 1.65. The monoisotopic (exact) mass is 456 g/mol. The van der Waals surface area contributed by atoms with E-state index in [-0.39, 0.29) is 17.7 Å². The molecular weight excluding hydrogens is 436 g/mol. The number of ether oxygens (including phenoxy) is 2. The van der Waals surface area contributed by atoms with Gasteiger partial charge in [0.1, 0.15) is 11.5 Å². The van der Waals surface area contributed by atoms with Crippen LogP contribution in [0.3, 0.4) is 0 Å². The van der Waals surface area contributed by atoms with Gasteiger partial charge in [0, 0.05) is 5.56 Å². The van der Waals surface area contributed by atoms with Crippen LogP contribution < -0.4 is 9.47 Å².